The normalized spacial score (nSPS) is 15.5. The van der Waals surface area contributed by atoms with E-state index in [1.807, 2.05) is 13.0 Å². The summed E-state index contributed by atoms with van der Waals surface area (Å²) in [5, 5.41) is 3.08. The molecule has 2 aromatic carbocycles. The molecule has 0 saturated carbocycles. The summed E-state index contributed by atoms with van der Waals surface area (Å²) in [6.07, 6.45) is 0. The molecule has 1 aliphatic rings. The van der Waals surface area contributed by atoms with E-state index in [0.717, 1.165) is 5.56 Å². The van der Waals surface area contributed by atoms with Gasteiger partial charge in [0.05, 0.1) is 33.5 Å². The number of rotatable bonds is 9. The highest BCUT2D eigenvalue weighted by atomic mass is 35.5. The van der Waals surface area contributed by atoms with E-state index in [-0.39, 0.29) is 41.4 Å². The largest absolute Gasteiger partial charge is 0.493 e. The van der Waals surface area contributed by atoms with Crippen LogP contribution in [-0.2, 0) is 19.6 Å². The minimum absolute atomic E-state index is 0.0554. The maximum atomic E-state index is 13.1. The Morgan fingerprint density at radius 1 is 1.09 bits per heavy atom. The number of ether oxygens (including phenoxy) is 4. The van der Waals surface area contributed by atoms with Gasteiger partial charge in [0.25, 0.3) is 5.91 Å². The first-order chi connectivity index (χ1) is 15.8. The molecule has 33 heavy (non-hydrogen) atoms. The van der Waals surface area contributed by atoms with Gasteiger partial charge in [0, 0.05) is 18.1 Å². The Kier molecular flexibility index (Phi) is 8.41. The molecule has 1 saturated heterocycles. The summed E-state index contributed by atoms with van der Waals surface area (Å²) in [5.41, 5.74) is 0.808. The van der Waals surface area contributed by atoms with Gasteiger partial charge in [0.1, 0.15) is 10.6 Å². The van der Waals surface area contributed by atoms with Crippen molar-refractivity contribution in [2.24, 2.45) is 0 Å². The molecule has 0 unspecified atom stereocenters. The Hall–Kier alpha value is -2.53. The molecule has 1 heterocycles. The number of nitrogens with one attached hydrogen (secondary N) is 1. The fraction of sp³-hybridized carbons (Fsp3) is 0.409. The van der Waals surface area contributed by atoms with Crippen molar-refractivity contribution < 1.29 is 32.2 Å². The molecule has 0 aliphatic carbocycles. The number of hydrogen-bond acceptors (Lipinski definition) is 7. The fourth-order valence-electron chi connectivity index (χ4n) is 3.36. The van der Waals surface area contributed by atoms with E-state index in [9.17, 15) is 13.2 Å². The van der Waals surface area contributed by atoms with Crippen LogP contribution in [0.2, 0.25) is 5.02 Å². The number of benzene rings is 2. The Morgan fingerprint density at radius 3 is 2.42 bits per heavy atom. The third kappa shape index (κ3) is 6.08. The van der Waals surface area contributed by atoms with Gasteiger partial charge in [-0.3, -0.25) is 4.79 Å². The molecule has 0 aromatic heterocycles. The van der Waals surface area contributed by atoms with Gasteiger partial charge in [-0.1, -0.05) is 17.7 Å². The number of morpholine rings is 1. The van der Waals surface area contributed by atoms with Crippen LogP contribution in [0.15, 0.2) is 41.3 Å². The Bertz CT molecular complexity index is 1090. The summed E-state index contributed by atoms with van der Waals surface area (Å²) in [4.78, 5) is 12.4. The van der Waals surface area contributed by atoms with Crippen molar-refractivity contribution in [3.05, 3.63) is 47.0 Å². The average molecular weight is 499 g/mol. The van der Waals surface area contributed by atoms with E-state index in [0.29, 0.717) is 24.7 Å². The predicted molar refractivity (Wildman–Crippen MR) is 123 cm³/mol. The van der Waals surface area contributed by atoms with Gasteiger partial charge in [0.2, 0.25) is 10.0 Å². The quantitative estimate of drug-likeness (QED) is 0.566. The second-order valence-electron chi connectivity index (χ2n) is 7.30. The van der Waals surface area contributed by atoms with Crippen LogP contribution in [0.1, 0.15) is 18.5 Å². The van der Waals surface area contributed by atoms with Crippen LogP contribution < -0.4 is 19.5 Å². The number of carbonyl (C=O) groups excluding carboxylic acids is 1. The van der Waals surface area contributed by atoms with E-state index in [2.05, 4.69) is 5.32 Å². The third-order valence-corrected chi connectivity index (χ3v) is 7.29. The van der Waals surface area contributed by atoms with Crippen molar-refractivity contribution in [3.63, 3.8) is 0 Å². The molecular formula is C22H27ClN2O7S. The lowest BCUT2D eigenvalue weighted by Crippen LogP contribution is -2.40. The summed E-state index contributed by atoms with van der Waals surface area (Å²) in [6.45, 7) is 2.54. The molecule has 1 N–H and O–H groups in total. The zero-order valence-corrected chi connectivity index (χ0v) is 20.2. The molecule has 9 nitrogen and oxygen atoms in total. The second-order valence-corrected chi connectivity index (χ2v) is 9.64. The summed E-state index contributed by atoms with van der Waals surface area (Å²) >= 11 is 6.05. The van der Waals surface area contributed by atoms with E-state index in [1.165, 1.54) is 29.6 Å². The van der Waals surface area contributed by atoms with Crippen molar-refractivity contribution in [2.75, 3.05) is 47.1 Å². The molecule has 1 fully saturated rings. The fourth-order valence-corrected chi connectivity index (χ4v) is 5.16. The van der Waals surface area contributed by atoms with Gasteiger partial charge in [-0.15, -0.1) is 0 Å². The van der Waals surface area contributed by atoms with Crippen LogP contribution in [0.4, 0.5) is 0 Å². The zero-order chi connectivity index (χ0) is 24.0. The van der Waals surface area contributed by atoms with Crippen LogP contribution in [0.3, 0.4) is 0 Å². The molecule has 1 amide bonds. The zero-order valence-electron chi connectivity index (χ0n) is 18.7. The molecule has 1 aliphatic heterocycles. The number of hydrogen-bond donors (Lipinski definition) is 1. The Labute approximate surface area is 198 Å². The summed E-state index contributed by atoms with van der Waals surface area (Å²) in [6, 6.07) is 9.29. The lowest BCUT2D eigenvalue weighted by atomic mass is 10.1. The highest BCUT2D eigenvalue weighted by molar-refractivity contribution is 7.89. The minimum Gasteiger partial charge on any atom is -0.493 e. The van der Waals surface area contributed by atoms with Crippen LogP contribution in [0, 0.1) is 0 Å². The van der Waals surface area contributed by atoms with Gasteiger partial charge >= 0.3 is 0 Å². The summed E-state index contributed by atoms with van der Waals surface area (Å²) in [7, 11) is -0.776. The molecule has 0 spiro atoms. The predicted octanol–water partition coefficient (Wildman–Crippen LogP) is 2.63. The Morgan fingerprint density at radius 2 is 1.76 bits per heavy atom. The summed E-state index contributed by atoms with van der Waals surface area (Å²) in [5.74, 6) is 0.771. The number of methoxy groups -OCH3 is 2. The van der Waals surface area contributed by atoms with Crippen molar-refractivity contribution in [1.29, 1.82) is 0 Å². The monoisotopic (exact) mass is 498 g/mol. The molecule has 0 radical (unpaired) electrons. The van der Waals surface area contributed by atoms with Gasteiger partial charge in [0.15, 0.2) is 18.1 Å². The molecule has 2 aromatic rings. The smallest absolute Gasteiger partial charge is 0.258 e. The highest BCUT2D eigenvalue weighted by Crippen LogP contribution is 2.31. The maximum absolute atomic E-state index is 13.1. The molecule has 11 heteroatoms. The van der Waals surface area contributed by atoms with Gasteiger partial charge in [-0.25, -0.2) is 8.42 Å². The maximum Gasteiger partial charge on any atom is 0.258 e. The van der Waals surface area contributed by atoms with E-state index in [1.54, 1.807) is 19.2 Å². The molecule has 0 bridgehead atoms. The average Bonchev–Trinajstić information content (AvgIpc) is 2.83. The number of sulfonamides is 1. The highest BCUT2D eigenvalue weighted by Gasteiger charge is 2.30. The van der Waals surface area contributed by atoms with Crippen LogP contribution in [0.5, 0.6) is 17.2 Å². The van der Waals surface area contributed by atoms with Gasteiger partial charge in [-0.2, -0.15) is 4.31 Å². The van der Waals surface area contributed by atoms with E-state index < -0.39 is 15.9 Å². The first kappa shape index (κ1) is 25.1. The SMILES string of the molecule is COc1ccc([C@@H](C)NC(=O)COc2ccc(Cl)cc2S(=O)(=O)N2CCOCC2)cc1OC. The van der Waals surface area contributed by atoms with Crippen molar-refractivity contribution in [2.45, 2.75) is 17.9 Å². The molecule has 1 atom stereocenters. The van der Waals surface area contributed by atoms with Crippen LogP contribution in [-0.4, -0.2) is 65.8 Å². The standard InChI is InChI=1S/C22H27ClN2O7S/c1-15(16-4-6-18(29-2)20(12-16)30-3)24-22(26)14-32-19-7-5-17(23)13-21(19)33(27,28)25-8-10-31-11-9-25/h4-7,12-13,15H,8-11,14H2,1-3H3,(H,24,26)/t15-/m1/s1. The number of nitrogens with zero attached hydrogens (tertiary/aromatic N) is 1. The lowest BCUT2D eigenvalue weighted by molar-refractivity contribution is -0.123. The van der Waals surface area contributed by atoms with Crippen LogP contribution >= 0.6 is 11.6 Å². The van der Waals surface area contributed by atoms with Gasteiger partial charge in [-0.05, 0) is 42.8 Å². The summed E-state index contributed by atoms with van der Waals surface area (Å²) < 4.78 is 48.9. The van der Waals surface area contributed by atoms with E-state index >= 15 is 0 Å². The molecular weight excluding hydrogens is 472 g/mol. The Balaban J connectivity index is 1.69. The third-order valence-electron chi connectivity index (χ3n) is 5.14. The number of amides is 1. The topological polar surface area (TPSA) is 103 Å². The first-order valence-electron chi connectivity index (χ1n) is 10.3. The number of carbonyl (C=O) groups is 1. The van der Waals surface area contributed by atoms with E-state index in [4.69, 9.17) is 30.5 Å². The second kappa shape index (κ2) is 11.1. The molecule has 3 rings (SSSR count). The first-order valence-corrected chi connectivity index (χ1v) is 12.1. The van der Waals surface area contributed by atoms with Crippen molar-refractivity contribution >= 4 is 27.5 Å². The lowest BCUT2D eigenvalue weighted by Gasteiger charge is -2.27. The minimum atomic E-state index is -3.86. The van der Waals surface area contributed by atoms with Crippen molar-refractivity contribution in [1.82, 2.24) is 9.62 Å². The number of halogens is 1. The molecule has 180 valence electrons. The van der Waals surface area contributed by atoms with Gasteiger partial charge < -0.3 is 24.3 Å². The van der Waals surface area contributed by atoms with Crippen LogP contribution in [0.25, 0.3) is 0 Å². The van der Waals surface area contributed by atoms with Crippen molar-refractivity contribution in [3.8, 4) is 17.2 Å².